The summed E-state index contributed by atoms with van der Waals surface area (Å²) in [6.07, 6.45) is 3.13. The maximum Gasteiger partial charge on any atom is 0.315 e. The highest BCUT2D eigenvalue weighted by atomic mass is 32.2. The smallest absolute Gasteiger partial charge is 0.315 e. The number of amides is 2. The van der Waals surface area contributed by atoms with Gasteiger partial charge in [-0.2, -0.15) is 0 Å². The number of sulfonamides is 1. The Morgan fingerprint density at radius 2 is 1.96 bits per heavy atom. The minimum absolute atomic E-state index is 0.135. The van der Waals surface area contributed by atoms with Crippen molar-refractivity contribution in [3.05, 3.63) is 18.2 Å². The normalized spacial score (nSPS) is 16.4. The number of nitrogens with zero attached hydrogens (tertiary/aromatic N) is 1. The molecule has 0 aromatic heterocycles. The molecule has 2 aliphatic rings. The molecule has 0 atom stereocenters. The summed E-state index contributed by atoms with van der Waals surface area (Å²) in [7, 11) is -3.49. The van der Waals surface area contributed by atoms with Crippen LogP contribution < -0.4 is 24.4 Å². The fourth-order valence-corrected chi connectivity index (χ4v) is 3.33. The number of ether oxygens (including phenoxy) is 2. The number of fused-ring (bicyclic) bond motifs is 1. The van der Waals surface area contributed by atoms with Crippen molar-refractivity contribution in [2.24, 2.45) is 0 Å². The maximum atomic E-state index is 12.1. The SMILES string of the molecule is CS(=O)(=O)N(CCNC(=O)NC1CC1)c1ccc2c(c1)OCCO2. The van der Waals surface area contributed by atoms with Crippen molar-refractivity contribution < 1.29 is 22.7 Å². The van der Waals surface area contributed by atoms with E-state index < -0.39 is 10.0 Å². The quantitative estimate of drug-likeness (QED) is 0.782. The van der Waals surface area contributed by atoms with Gasteiger partial charge in [-0.1, -0.05) is 0 Å². The van der Waals surface area contributed by atoms with E-state index in [4.69, 9.17) is 9.47 Å². The summed E-state index contributed by atoms with van der Waals surface area (Å²) in [4.78, 5) is 11.6. The van der Waals surface area contributed by atoms with Crippen LogP contribution >= 0.6 is 0 Å². The van der Waals surface area contributed by atoms with Gasteiger partial charge in [0, 0.05) is 18.7 Å². The van der Waals surface area contributed by atoms with E-state index in [1.807, 2.05) is 0 Å². The second-order valence-corrected chi connectivity index (χ2v) is 7.74. The van der Waals surface area contributed by atoms with Crippen LogP contribution in [0.4, 0.5) is 10.5 Å². The Hall–Kier alpha value is -2.16. The first-order chi connectivity index (χ1) is 11.4. The number of carbonyl (C=O) groups excluding carboxylic acids is 1. The first-order valence-corrected chi connectivity index (χ1v) is 9.70. The second-order valence-electron chi connectivity index (χ2n) is 5.84. The molecular formula is C15H21N3O5S. The third-order valence-electron chi connectivity index (χ3n) is 3.73. The average molecular weight is 355 g/mol. The molecule has 1 aliphatic carbocycles. The predicted octanol–water partition coefficient (Wildman–Crippen LogP) is 0.685. The zero-order valence-electron chi connectivity index (χ0n) is 13.4. The summed E-state index contributed by atoms with van der Waals surface area (Å²) in [6.45, 7) is 1.25. The molecule has 0 saturated heterocycles. The van der Waals surface area contributed by atoms with Crippen molar-refractivity contribution in [3.8, 4) is 11.5 Å². The Balaban J connectivity index is 1.66. The van der Waals surface area contributed by atoms with Crippen LogP contribution in [0.1, 0.15) is 12.8 Å². The Morgan fingerprint density at radius 1 is 1.25 bits per heavy atom. The van der Waals surface area contributed by atoms with Gasteiger partial charge in [-0.25, -0.2) is 13.2 Å². The molecule has 1 aromatic carbocycles. The van der Waals surface area contributed by atoms with Gasteiger partial charge in [0.15, 0.2) is 11.5 Å². The van der Waals surface area contributed by atoms with Crippen molar-refractivity contribution >= 4 is 21.7 Å². The highest BCUT2D eigenvalue weighted by Gasteiger charge is 2.24. The molecule has 0 bridgehead atoms. The summed E-state index contributed by atoms with van der Waals surface area (Å²) < 4.78 is 36.4. The van der Waals surface area contributed by atoms with Crippen molar-refractivity contribution in [1.82, 2.24) is 10.6 Å². The van der Waals surface area contributed by atoms with Crippen LogP contribution in [0.3, 0.4) is 0 Å². The van der Waals surface area contributed by atoms with Gasteiger partial charge in [0.25, 0.3) is 0 Å². The summed E-state index contributed by atoms with van der Waals surface area (Å²) in [5.41, 5.74) is 0.478. The Bertz CT molecular complexity index is 718. The lowest BCUT2D eigenvalue weighted by Crippen LogP contribution is -2.42. The molecule has 1 aromatic rings. The summed E-state index contributed by atoms with van der Waals surface area (Å²) >= 11 is 0. The van der Waals surface area contributed by atoms with Crippen LogP contribution in [-0.2, 0) is 10.0 Å². The number of benzene rings is 1. The van der Waals surface area contributed by atoms with Gasteiger partial charge >= 0.3 is 6.03 Å². The van der Waals surface area contributed by atoms with Crippen molar-refractivity contribution in [2.75, 3.05) is 36.9 Å². The highest BCUT2D eigenvalue weighted by molar-refractivity contribution is 7.92. The number of rotatable bonds is 6. The molecule has 2 amide bonds. The van der Waals surface area contributed by atoms with Crippen molar-refractivity contribution in [2.45, 2.75) is 18.9 Å². The predicted molar refractivity (Wildman–Crippen MR) is 89.2 cm³/mol. The number of nitrogens with one attached hydrogen (secondary N) is 2. The van der Waals surface area contributed by atoms with Gasteiger partial charge < -0.3 is 20.1 Å². The van der Waals surface area contributed by atoms with Crippen LogP contribution in [-0.4, -0.2) is 53.0 Å². The minimum Gasteiger partial charge on any atom is -0.486 e. The van der Waals surface area contributed by atoms with E-state index in [1.165, 1.54) is 4.31 Å². The molecule has 1 fully saturated rings. The molecule has 1 heterocycles. The van der Waals surface area contributed by atoms with Gasteiger partial charge in [0.05, 0.1) is 18.5 Å². The van der Waals surface area contributed by atoms with E-state index in [1.54, 1.807) is 18.2 Å². The molecule has 9 heteroatoms. The van der Waals surface area contributed by atoms with E-state index in [-0.39, 0.29) is 25.2 Å². The molecular weight excluding hydrogens is 334 g/mol. The van der Waals surface area contributed by atoms with Crippen LogP contribution in [0.25, 0.3) is 0 Å². The number of anilines is 1. The van der Waals surface area contributed by atoms with Crippen LogP contribution in [0, 0.1) is 0 Å². The van der Waals surface area contributed by atoms with Gasteiger partial charge in [-0.15, -0.1) is 0 Å². The Labute approximate surface area is 141 Å². The number of carbonyl (C=O) groups is 1. The molecule has 0 spiro atoms. The minimum atomic E-state index is -3.49. The fourth-order valence-electron chi connectivity index (χ4n) is 2.41. The Morgan fingerprint density at radius 3 is 2.62 bits per heavy atom. The molecule has 2 N–H and O–H groups in total. The molecule has 3 rings (SSSR count). The third-order valence-corrected chi connectivity index (χ3v) is 4.92. The van der Waals surface area contributed by atoms with E-state index in [0.717, 1.165) is 19.1 Å². The van der Waals surface area contributed by atoms with Crippen LogP contribution in [0.2, 0.25) is 0 Å². The first kappa shape index (κ1) is 16.7. The lowest BCUT2D eigenvalue weighted by Gasteiger charge is -2.25. The number of hydrogen-bond acceptors (Lipinski definition) is 5. The zero-order chi connectivity index (χ0) is 17.2. The largest absolute Gasteiger partial charge is 0.486 e. The summed E-state index contributed by atoms with van der Waals surface area (Å²) in [5, 5.41) is 5.47. The fraction of sp³-hybridized carbons (Fsp3) is 0.533. The van der Waals surface area contributed by atoms with Crippen molar-refractivity contribution in [3.63, 3.8) is 0 Å². The number of urea groups is 1. The maximum absolute atomic E-state index is 12.1. The molecule has 24 heavy (non-hydrogen) atoms. The molecule has 0 unspecified atom stereocenters. The van der Waals surface area contributed by atoms with E-state index >= 15 is 0 Å². The monoisotopic (exact) mass is 355 g/mol. The lowest BCUT2D eigenvalue weighted by molar-refractivity contribution is 0.171. The number of hydrogen-bond donors (Lipinski definition) is 2. The molecule has 0 radical (unpaired) electrons. The zero-order valence-corrected chi connectivity index (χ0v) is 14.3. The third kappa shape index (κ3) is 4.22. The van der Waals surface area contributed by atoms with E-state index in [2.05, 4.69) is 10.6 Å². The van der Waals surface area contributed by atoms with E-state index in [9.17, 15) is 13.2 Å². The van der Waals surface area contributed by atoms with Crippen molar-refractivity contribution in [1.29, 1.82) is 0 Å². The van der Waals surface area contributed by atoms with Gasteiger partial charge in [-0.05, 0) is 25.0 Å². The summed E-state index contributed by atoms with van der Waals surface area (Å²) in [6, 6.07) is 4.98. The molecule has 8 nitrogen and oxygen atoms in total. The standard InChI is InChI=1S/C15H21N3O5S/c1-24(20,21)18(7-6-16-15(19)17-11-2-3-11)12-4-5-13-14(10-12)23-9-8-22-13/h4-5,10-11H,2-3,6-9H2,1H3,(H2,16,17,19). The Kier molecular flexibility index (Phi) is 4.70. The van der Waals surface area contributed by atoms with E-state index in [0.29, 0.717) is 30.4 Å². The van der Waals surface area contributed by atoms with Crippen LogP contribution in [0.5, 0.6) is 11.5 Å². The van der Waals surface area contributed by atoms with Gasteiger partial charge in [0.2, 0.25) is 10.0 Å². The second kappa shape index (κ2) is 6.76. The summed E-state index contributed by atoms with van der Waals surface area (Å²) in [5.74, 6) is 1.12. The van der Waals surface area contributed by atoms with Gasteiger partial charge in [0.1, 0.15) is 13.2 Å². The highest BCUT2D eigenvalue weighted by Crippen LogP contribution is 2.34. The first-order valence-electron chi connectivity index (χ1n) is 7.85. The molecule has 1 saturated carbocycles. The average Bonchev–Trinajstić information content (AvgIpc) is 3.34. The molecule has 1 aliphatic heterocycles. The molecule has 132 valence electrons. The topological polar surface area (TPSA) is 97.0 Å². The lowest BCUT2D eigenvalue weighted by atomic mass is 10.2. The van der Waals surface area contributed by atoms with Gasteiger partial charge in [-0.3, -0.25) is 4.31 Å². The van der Waals surface area contributed by atoms with Crippen LogP contribution in [0.15, 0.2) is 18.2 Å².